The van der Waals surface area contributed by atoms with Crippen LogP contribution in [0, 0.1) is 5.92 Å². The molecule has 0 N–H and O–H groups in total. The first-order valence-corrected chi connectivity index (χ1v) is 9.75. The molecule has 0 spiro atoms. The van der Waals surface area contributed by atoms with E-state index in [4.69, 9.17) is 0 Å². The molecule has 6 heteroatoms. The van der Waals surface area contributed by atoms with E-state index >= 15 is 0 Å². The maximum atomic E-state index is 12.3. The zero-order valence-corrected chi connectivity index (χ0v) is 13.5. The minimum Gasteiger partial charge on any atom is -0.259 e. The standard InChI is InChI=1S/C15H19N3OS2/c19-21(10-12-5-2-1-3-6-12)11-13-9-20-15(18-13)14-16-7-4-8-17-14/h4,7-9,12H,1-3,5-6,10-11H2/t21-/m0/s1. The monoisotopic (exact) mass is 321 g/mol. The smallest absolute Gasteiger partial charge is 0.188 e. The van der Waals surface area contributed by atoms with Crippen molar-refractivity contribution in [2.75, 3.05) is 5.75 Å². The Morgan fingerprint density at radius 3 is 2.71 bits per heavy atom. The van der Waals surface area contributed by atoms with Crippen LogP contribution in [0.2, 0.25) is 0 Å². The van der Waals surface area contributed by atoms with E-state index < -0.39 is 10.8 Å². The molecule has 0 radical (unpaired) electrons. The molecule has 0 unspecified atom stereocenters. The second-order valence-electron chi connectivity index (χ2n) is 5.47. The molecular weight excluding hydrogens is 302 g/mol. The van der Waals surface area contributed by atoms with Gasteiger partial charge in [-0.25, -0.2) is 15.0 Å². The molecule has 1 atom stereocenters. The fraction of sp³-hybridized carbons (Fsp3) is 0.533. The first-order valence-electron chi connectivity index (χ1n) is 7.38. The fourth-order valence-corrected chi connectivity index (χ4v) is 5.05. The Morgan fingerprint density at radius 1 is 1.19 bits per heavy atom. The molecule has 0 bridgehead atoms. The molecule has 112 valence electrons. The predicted octanol–water partition coefficient (Wildman–Crippen LogP) is 3.43. The minimum absolute atomic E-state index is 0.555. The lowest BCUT2D eigenvalue weighted by Gasteiger charge is -2.20. The van der Waals surface area contributed by atoms with Gasteiger partial charge < -0.3 is 0 Å². The van der Waals surface area contributed by atoms with Crippen molar-refractivity contribution < 1.29 is 4.21 Å². The van der Waals surface area contributed by atoms with Crippen molar-refractivity contribution in [2.45, 2.75) is 37.9 Å². The summed E-state index contributed by atoms with van der Waals surface area (Å²) in [5.41, 5.74) is 0.900. The Labute approximate surface area is 131 Å². The SMILES string of the molecule is O=[S@](Cc1csc(-c2ncccn2)n1)CC1CCCCC1. The molecule has 0 aromatic carbocycles. The van der Waals surface area contributed by atoms with E-state index in [1.807, 2.05) is 5.38 Å². The highest BCUT2D eigenvalue weighted by atomic mass is 32.2. The highest BCUT2D eigenvalue weighted by Crippen LogP contribution is 2.25. The molecular formula is C15H19N3OS2. The molecule has 4 nitrogen and oxygen atoms in total. The summed E-state index contributed by atoms with van der Waals surface area (Å²) in [4.78, 5) is 12.9. The first kappa shape index (κ1) is 14.8. The largest absolute Gasteiger partial charge is 0.259 e. The summed E-state index contributed by atoms with van der Waals surface area (Å²) in [7, 11) is -0.808. The second-order valence-corrected chi connectivity index (χ2v) is 7.83. The van der Waals surface area contributed by atoms with E-state index in [9.17, 15) is 4.21 Å². The Kier molecular flexibility index (Phi) is 5.08. The normalized spacial score (nSPS) is 17.7. The second kappa shape index (κ2) is 7.22. The van der Waals surface area contributed by atoms with Crippen LogP contribution in [0.5, 0.6) is 0 Å². The van der Waals surface area contributed by atoms with Crippen LogP contribution in [0.25, 0.3) is 10.8 Å². The van der Waals surface area contributed by atoms with Crippen LogP contribution < -0.4 is 0 Å². The van der Waals surface area contributed by atoms with Crippen molar-refractivity contribution >= 4 is 22.1 Å². The van der Waals surface area contributed by atoms with Gasteiger partial charge in [0.05, 0.1) is 11.4 Å². The summed E-state index contributed by atoms with van der Waals surface area (Å²) in [6.45, 7) is 0. The molecule has 0 aliphatic heterocycles. The van der Waals surface area contributed by atoms with Crippen LogP contribution in [-0.2, 0) is 16.6 Å². The number of hydrogen-bond donors (Lipinski definition) is 0. The van der Waals surface area contributed by atoms with Crippen LogP contribution in [0.3, 0.4) is 0 Å². The Balaban J connectivity index is 1.58. The Morgan fingerprint density at radius 2 is 1.95 bits per heavy atom. The fourth-order valence-electron chi connectivity index (χ4n) is 2.73. The summed E-state index contributed by atoms with van der Waals surface area (Å²) >= 11 is 1.52. The first-order chi connectivity index (χ1) is 10.3. The van der Waals surface area contributed by atoms with Crippen LogP contribution in [0.1, 0.15) is 37.8 Å². The molecule has 3 rings (SSSR count). The topological polar surface area (TPSA) is 55.7 Å². The average Bonchev–Trinajstić information content (AvgIpc) is 2.97. The van der Waals surface area contributed by atoms with Gasteiger partial charge in [-0.3, -0.25) is 4.21 Å². The third kappa shape index (κ3) is 4.17. The van der Waals surface area contributed by atoms with Gasteiger partial charge in [0.25, 0.3) is 0 Å². The van der Waals surface area contributed by atoms with Gasteiger partial charge in [0.1, 0.15) is 0 Å². The van der Waals surface area contributed by atoms with E-state index in [0.717, 1.165) is 16.5 Å². The summed E-state index contributed by atoms with van der Waals surface area (Å²) in [5, 5.41) is 2.78. The van der Waals surface area contributed by atoms with Crippen molar-refractivity contribution in [2.24, 2.45) is 5.92 Å². The third-order valence-electron chi connectivity index (χ3n) is 3.76. The highest BCUT2D eigenvalue weighted by Gasteiger charge is 2.17. The molecule has 2 heterocycles. The summed E-state index contributed by atoms with van der Waals surface area (Å²) in [6.07, 6.45) is 9.85. The van der Waals surface area contributed by atoms with E-state index in [1.54, 1.807) is 18.5 Å². The number of nitrogens with zero attached hydrogens (tertiary/aromatic N) is 3. The maximum absolute atomic E-state index is 12.3. The van der Waals surface area contributed by atoms with Crippen molar-refractivity contribution in [3.63, 3.8) is 0 Å². The van der Waals surface area contributed by atoms with Gasteiger partial charge in [0.2, 0.25) is 0 Å². The van der Waals surface area contributed by atoms with Crippen molar-refractivity contribution in [3.8, 4) is 10.8 Å². The average molecular weight is 321 g/mol. The number of thiazole rings is 1. The zero-order chi connectivity index (χ0) is 14.5. The molecule has 2 aromatic rings. The Bertz CT molecular complexity index is 594. The lowest BCUT2D eigenvalue weighted by molar-refractivity contribution is 0.388. The van der Waals surface area contributed by atoms with Crippen molar-refractivity contribution in [1.29, 1.82) is 0 Å². The van der Waals surface area contributed by atoms with Crippen molar-refractivity contribution in [3.05, 3.63) is 29.5 Å². The van der Waals surface area contributed by atoms with Crippen LogP contribution in [-0.4, -0.2) is 24.9 Å². The molecule has 1 aliphatic rings. The van der Waals surface area contributed by atoms with Crippen LogP contribution >= 0.6 is 11.3 Å². The number of hydrogen-bond acceptors (Lipinski definition) is 5. The lowest BCUT2D eigenvalue weighted by atomic mass is 9.91. The summed E-state index contributed by atoms with van der Waals surface area (Å²) < 4.78 is 12.3. The Hall–Kier alpha value is -1.14. The highest BCUT2D eigenvalue weighted by molar-refractivity contribution is 7.84. The summed E-state index contributed by atoms with van der Waals surface area (Å²) in [5.74, 6) is 2.68. The molecule has 1 fully saturated rings. The molecule has 0 saturated heterocycles. The molecule has 1 aliphatic carbocycles. The van der Waals surface area contributed by atoms with E-state index in [2.05, 4.69) is 15.0 Å². The quantitative estimate of drug-likeness (QED) is 0.846. The van der Waals surface area contributed by atoms with Crippen LogP contribution in [0.4, 0.5) is 0 Å². The summed E-state index contributed by atoms with van der Waals surface area (Å²) in [6, 6.07) is 1.79. The van der Waals surface area contributed by atoms with Crippen LogP contribution in [0.15, 0.2) is 23.8 Å². The van der Waals surface area contributed by atoms with Gasteiger partial charge in [0, 0.05) is 34.3 Å². The lowest BCUT2D eigenvalue weighted by Crippen LogP contribution is -2.15. The molecule has 1 saturated carbocycles. The minimum atomic E-state index is -0.808. The van der Waals surface area contributed by atoms with E-state index in [1.165, 1.54) is 43.4 Å². The molecule has 0 amide bonds. The third-order valence-corrected chi connectivity index (χ3v) is 6.11. The molecule has 2 aromatic heterocycles. The van der Waals surface area contributed by atoms with Crippen molar-refractivity contribution in [1.82, 2.24) is 15.0 Å². The van der Waals surface area contributed by atoms with Gasteiger partial charge in [-0.2, -0.15) is 0 Å². The van der Waals surface area contributed by atoms with E-state index in [-0.39, 0.29) is 0 Å². The maximum Gasteiger partial charge on any atom is 0.188 e. The van der Waals surface area contributed by atoms with Gasteiger partial charge in [0.15, 0.2) is 10.8 Å². The van der Waals surface area contributed by atoms with Gasteiger partial charge in [-0.05, 0) is 24.8 Å². The number of aromatic nitrogens is 3. The zero-order valence-electron chi connectivity index (χ0n) is 11.9. The molecule has 21 heavy (non-hydrogen) atoms. The predicted molar refractivity (Wildman–Crippen MR) is 86.4 cm³/mol. The number of rotatable bonds is 5. The van der Waals surface area contributed by atoms with Gasteiger partial charge in [-0.15, -0.1) is 11.3 Å². The van der Waals surface area contributed by atoms with Gasteiger partial charge in [-0.1, -0.05) is 19.3 Å². The van der Waals surface area contributed by atoms with E-state index in [0.29, 0.717) is 17.5 Å². The van der Waals surface area contributed by atoms with Gasteiger partial charge >= 0.3 is 0 Å².